The van der Waals surface area contributed by atoms with Crippen molar-refractivity contribution in [2.45, 2.75) is 13.8 Å². The van der Waals surface area contributed by atoms with Crippen molar-refractivity contribution in [3.05, 3.63) is 77.6 Å². The number of nitrogens with zero attached hydrogens (tertiary/aromatic N) is 3. The fourth-order valence-electron chi connectivity index (χ4n) is 2.78. The van der Waals surface area contributed by atoms with Crippen molar-refractivity contribution in [3.8, 4) is 21.8 Å². The predicted molar refractivity (Wildman–Crippen MR) is 108 cm³/mol. The van der Waals surface area contributed by atoms with Gasteiger partial charge in [0.1, 0.15) is 11.5 Å². The van der Waals surface area contributed by atoms with Gasteiger partial charge in [0.2, 0.25) is 0 Å². The van der Waals surface area contributed by atoms with Crippen LogP contribution in [0.15, 0.2) is 66.9 Å². The van der Waals surface area contributed by atoms with E-state index in [0.29, 0.717) is 0 Å². The average molecular weight is 358 g/mol. The summed E-state index contributed by atoms with van der Waals surface area (Å²) in [5.41, 5.74) is 4.91. The van der Waals surface area contributed by atoms with Crippen LogP contribution in [0.4, 0.5) is 11.5 Å². The van der Waals surface area contributed by atoms with E-state index in [0.717, 1.165) is 44.0 Å². The molecule has 5 heteroatoms. The van der Waals surface area contributed by atoms with Gasteiger partial charge in [0, 0.05) is 17.6 Å². The molecule has 0 unspecified atom stereocenters. The first-order valence-corrected chi connectivity index (χ1v) is 9.21. The standard InChI is InChI=1S/C21H18N4S/c1-14-7-6-10-18(23-14)20-21(26-15(2)24-20)16-11-12-22-19(13-16)25-17-8-4-3-5-9-17/h3-13H,1-2H3,(H,22,25). The molecule has 0 amide bonds. The molecule has 0 spiro atoms. The van der Waals surface area contributed by atoms with E-state index in [2.05, 4.69) is 21.4 Å². The van der Waals surface area contributed by atoms with E-state index in [1.165, 1.54) is 0 Å². The summed E-state index contributed by atoms with van der Waals surface area (Å²) in [6.07, 6.45) is 1.82. The number of hydrogen-bond acceptors (Lipinski definition) is 5. The van der Waals surface area contributed by atoms with E-state index < -0.39 is 0 Å². The monoisotopic (exact) mass is 358 g/mol. The van der Waals surface area contributed by atoms with Crippen LogP contribution in [0.25, 0.3) is 21.8 Å². The number of aryl methyl sites for hydroxylation is 2. The molecule has 0 saturated heterocycles. The number of aromatic nitrogens is 3. The van der Waals surface area contributed by atoms with Gasteiger partial charge in [-0.1, -0.05) is 24.3 Å². The minimum Gasteiger partial charge on any atom is -0.340 e. The van der Waals surface area contributed by atoms with E-state index in [9.17, 15) is 0 Å². The van der Waals surface area contributed by atoms with Gasteiger partial charge >= 0.3 is 0 Å². The molecular formula is C21H18N4S. The molecule has 0 fully saturated rings. The maximum absolute atomic E-state index is 4.73. The molecule has 128 valence electrons. The molecule has 0 aliphatic heterocycles. The molecule has 4 aromatic rings. The number of para-hydroxylation sites is 1. The number of nitrogens with one attached hydrogen (secondary N) is 1. The highest BCUT2D eigenvalue weighted by molar-refractivity contribution is 7.15. The predicted octanol–water partition coefficient (Wildman–Crippen LogP) is 5.63. The molecule has 4 nitrogen and oxygen atoms in total. The second-order valence-corrected chi connectivity index (χ2v) is 7.20. The first kappa shape index (κ1) is 16.4. The highest BCUT2D eigenvalue weighted by Crippen LogP contribution is 2.36. The summed E-state index contributed by atoms with van der Waals surface area (Å²) in [5, 5.41) is 4.37. The Kier molecular flexibility index (Phi) is 4.46. The van der Waals surface area contributed by atoms with E-state index in [1.807, 2.05) is 74.6 Å². The van der Waals surface area contributed by atoms with Crippen molar-refractivity contribution in [2.75, 3.05) is 5.32 Å². The van der Waals surface area contributed by atoms with Gasteiger partial charge in [-0.15, -0.1) is 11.3 Å². The van der Waals surface area contributed by atoms with E-state index in [4.69, 9.17) is 4.98 Å². The molecule has 3 aromatic heterocycles. The van der Waals surface area contributed by atoms with Crippen molar-refractivity contribution in [2.24, 2.45) is 0 Å². The van der Waals surface area contributed by atoms with Crippen LogP contribution in [-0.4, -0.2) is 15.0 Å². The van der Waals surface area contributed by atoms with Crippen LogP contribution in [-0.2, 0) is 0 Å². The van der Waals surface area contributed by atoms with Gasteiger partial charge in [-0.2, -0.15) is 0 Å². The Bertz CT molecular complexity index is 1040. The van der Waals surface area contributed by atoms with Crippen LogP contribution in [0.5, 0.6) is 0 Å². The largest absolute Gasteiger partial charge is 0.340 e. The third kappa shape index (κ3) is 3.48. The number of anilines is 2. The Morgan fingerprint density at radius 3 is 2.54 bits per heavy atom. The topological polar surface area (TPSA) is 50.7 Å². The summed E-state index contributed by atoms with van der Waals surface area (Å²) < 4.78 is 0. The molecule has 3 heterocycles. The van der Waals surface area contributed by atoms with Crippen LogP contribution in [0.2, 0.25) is 0 Å². The number of benzene rings is 1. The van der Waals surface area contributed by atoms with Crippen molar-refractivity contribution in [1.29, 1.82) is 0 Å². The Morgan fingerprint density at radius 2 is 1.73 bits per heavy atom. The van der Waals surface area contributed by atoms with Crippen LogP contribution >= 0.6 is 11.3 Å². The Morgan fingerprint density at radius 1 is 0.885 bits per heavy atom. The molecule has 0 aliphatic carbocycles. The molecular weight excluding hydrogens is 340 g/mol. The number of rotatable bonds is 4. The van der Waals surface area contributed by atoms with Crippen LogP contribution in [0.1, 0.15) is 10.7 Å². The van der Waals surface area contributed by atoms with Gasteiger partial charge in [0.05, 0.1) is 15.6 Å². The van der Waals surface area contributed by atoms with Gasteiger partial charge in [0.15, 0.2) is 0 Å². The molecule has 0 aliphatic rings. The Hall–Kier alpha value is -3.05. The van der Waals surface area contributed by atoms with Gasteiger partial charge in [0.25, 0.3) is 0 Å². The number of pyridine rings is 2. The highest BCUT2D eigenvalue weighted by Gasteiger charge is 2.15. The molecule has 0 radical (unpaired) electrons. The SMILES string of the molecule is Cc1cccc(-c2nc(C)sc2-c2ccnc(Nc3ccccc3)c2)n1. The van der Waals surface area contributed by atoms with Crippen LogP contribution in [0, 0.1) is 13.8 Å². The minimum absolute atomic E-state index is 0.808. The van der Waals surface area contributed by atoms with Gasteiger partial charge < -0.3 is 5.32 Å². The summed E-state index contributed by atoms with van der Waals surface area (Å²) >= 11 is 1.68. The van der Waals surface area contributed by atoms with Crippen molar-refractivity contribution < 1.29 is 0 Å². The van der Waals surface area contributed by atoms with E-state index in [-0.39, 0.29) is 0 Å². The lowest BCUT2D eigenvalue weighted by Crippen LogP contribution is -1.93. The first-order valence-electron chi connectivity index (χ1n) is 8.39. The molecule has 0 bridgehead atoms. The minimum atomic E-state index is 0.808. The van der Waals surface area contributed by atoms with Crippen molar-refractivity contribution in [1.82, 2.24) is 15.0 Å². The number of thiazole rings is 1. The maximum Gasteiger partial charge on any atom is 0.130 e. The van der Waals surface area contributed by atoms with Crippen molar-refractivity contribution >= 4 is 22.8 Å². The summed E-state index contributed by atoms with van der Waals surface area (Å²) in [5.74, 6) is 0.808. The molecule has 1 aromatic carbocycles. The summed E-state index contributed by atoms with van der Waals surface area (Å²) in [6, 6.07) is 20.1. The normalized spacial score (nSPS) is 10.7. The molecule has 0 atom stereocenters. The first-order chi connectivity index (χ1) is 12.7. The third-order valence-corrected chi connectivity index (χ3v) is 4.95. The molecule has 0 saturated carbocycles. The lowest BCUT2D eigenvalue weighted by Gasteiger charge is -2.08. The average Bonchev–Trinajstić information content (AvgIpc) is 3.05. The molecule has 1 N–H and O–H groups in total. The quantitative estimate of drug-likeness (QED) is 0.514. The zero-order chi connectivity index (χ0) is 17.9. The van der Waals surface area contributed by atoms with Gasteiger partial charge in [-0.25, -0.2) is 9.97 Å². The zero-order valence-corrected chi connectivity index (χ0v) is 15.4. The van der Waals surface area contributed by atoms with Crippen molar-refractivity contribution in [3.63, 3.8) is 0 Å². The van der Waals surface area contributed by atoms with E-state index >= 15 is 0 Å². The van der Waals surface area contributed by atoms with E-state index in [1.54, 1.807) is 11.3 Å². The number of hydrogen-bond donors (Lipinski definition) is 1. The van der Waals surface area contributed by atoms with Crippen LogP contribution in [0.3, 0.4) is 0 Å². The third-order valence-electron chi connectivity index (χ3n) is 3.93. The fraction of sp³-hybridized carbons (Fsp3) is 0.0952. The highest BCUT2D eigenvalue weighted by atomic mass is 32.1. The second kappa shape index (κ2) is 7.06. The maximum atomic E-state index is 4.73. The smallest absolute Gasteiger partial charge is 0.130 e. The zero-order valence-electron chi connectivity index (χ0n) is 14.6. The summed E-state index contributed by atoms with van der Waals surface area (Å²) in [6.45, 7) is 4.02. The van der Waals surface area contributed by atoms with Gasteiger partial charge in [-0.3, -0.25) is 4.98 Å². The van der Waals surface area contributed by atoms with Crippen LogP contribution < -0.4 is 5.32 Å². The van der Waals surface area contributed by atoms with Gasteiger partial charge in [-0.05, 0) is 55.8 Å². The molecule has 4 rings (SSSR count). The molecule has 26 heavy (non-hydrogen) atoms. The lowest BCUT2D eigenvalue weighted by molar-refractivity contribution is 1.18. The lowest BCUT2D eigenvalue weighted by atomic mass is 10.1. The Labute approximate surface area is 156 Å². The summed E-state index contributed by atoms with van der Waals surface area (Å²) in [4.78, 5) is 14.9. The summed E-state index contributed by atoms with van der Waals surface area (Å²) in [7, 11) is 0. The Balaban J connectivity index is 1.73. The fourth-order valence-corrected chi connectivity index (χ4v) is 3.70. The second-order valence-electron chi connectivity index (χ2n) is 6.00.